The first-order valence-electron chi connectivity index (χ1n) is 7.13. The number of hydrogen-bond donors (Lipinski definition) is 2. The molecule has 0 saturated carbocycles. The maximum atomic E-state index is 12.9. The molecule has 2 amide bonds. The van der Waals surface area contributed by atoms with Gasteiger partial charge in [0.25, 0.3) is 11.8 Å². The highest BCUT2D eigenvalue weighted by molar-refractivity contribution is 9.11. The Morgan fingerprint density at radius 3 is 2.19 bits per heavy atom. The largest absolute Gasteiger partial charge is 0.506 e. The Morgan fingerprint density at radius 1 is 1.04 bits per heavy atom. The van der Waals surface area contributed by atoms with Crippen LogP contribution >= 0.6 is 60.0 Å². The van der Waals surface area contributed by atoms with Gasteiger partial charge in [0.1, 0.15) is 11.3 Å². The zero-order valence-electron chi connectivity index (χ0n) is 12.8. The topological polar surface area (TPSA) is 69.6 Å². The van der Waals surface area contributed by atoms with Gasteiger partial charge in [-0.25, -0.2) is 0 Å². The molecule has 2 aromatic rings. The van der Waals surface area contributed by atoms with Crippen LogP contribution in [-0.4, -0.2) is 22.0 Å². The fourth-order valence-corrected chi connectivity index (χ4v) is 4.08. The molecule has 3 rings (SSSR count). The lowest BCUT2D eigenvalue weighted by molar-refractivity contribution is -0.122. The van der Waals surface area contributed by atoms with Gasteiger partial charge >= 0.3 is 0 Å². The number of amides is 2. The Morgan fingerprint density at radius 2 is 1.62 bits per heavy atom. The normalized spacial score (nSPS) is 16.2. The van der Waals surface area contributed by atoms with Gasteiger partial charge in [0.05, 0.1) is 14.6 Å². The average molecular weight is 561 g/mol. The van der Waals surface area contributed by atoms with Crippen molar-refractivity contribution in [3.8, 4) is 5.75 Å². The highest BCUT2D eigenvalue weighted by atomic mass is 79.9. The first kappa shape index (κ1) is 19.2. The van der Waals surface area contributed by atoms with Crippen molar-refractivity contribution < 1.29 is 14.7 Å². The number of nitrogens with zero attached hydrogens (tertiary/aromatic N) is 1. The summed E-state index contributed by atoms with van der Waals surface area (Å²) >= 11 is 14.9. The molecule has 26 heavy (non-hydrogen) atoms. The van der Waals surface area contributed by atoms with E-state index in [-0.39, 0.29) is 16.4 Å². The highest BCUT2D eigenvalue weighted by Crippen LogP contribution is 2.34. The number of hydrogen-bond acceptors (Lipinski definition) is 4. The molecule has 9 heteroatoms. The van der Waals surface area contributed by atoms with Crippen molar-refractivity contribution in [1.82, 2.24) is 5.32 Å². The van der Waals surface area contributed by atoms with E-state index in [2.05, 4.69) is 53.1 Å². The second-order valence-corrected chi connectivity index (χ2v) is 8.28. The van der Waals surface area contributed by atoms with Gasteiger partial charge in [-0.2, -0.15) is 0 Å². The minimum Gasteiger partial charge on any atom is -0.506 e. The zero-order valence-corrected chi connectivity index (χ0v) is 18.4. The van der Waals surface area contributed by atoms with E-state index >= 15 is 0 Å². The molecule has 0 aromatic heterocycles. The third-order valence-electron chi connectivity index (χ3n) is 3.54. The molecule has 1 fully saturated rings. The third-order valence-corrected chi connectivity index (χ3v) is 5.56. The molecule has 2 aromatic carbocycles. The summed E-state index contributed by atoms with van der Waals surface area (Å²) in [7, 11) is 0. The maximum Gasteiger partial charge on any atom is 0.270 e. The van der Waals surface area contributed by atoms with Gasteiger partial charge in [0, 0.05) is 4.47 Å². The van der Waals surface area contributed by atoms with E-state index in [0.29, 0.717) is 20.2 Å². The summed E-state index contributed by atoms with van der Waals surface area (Å²) in [6.07, 6.45) is 1.44. The minimum absolute atomic E-state index is 0.0209. The van der Waals surface area contributed by atoms with Gasteiger partial charge in [-0.05, 0) is 92.1 Å². The van der Waals surface area contributed by atoms with Crippen molar-refractivity contribution in [3.05, 3.63) is 61.0 Å². The summed E-state index contributed by atoms with van der Waals surface area (Å²) in [6, 6.07) is 10.2. The van der Waals surface area contributed by atoms with Gasteiger partial charge in [0.2, 0.25) is 0 Å². The van der Waals surface area contributed by atoms with Gasteiger partial charge in [-0.15, -0.1) is 0 Å². The number of carbonyl (C=O) groups excluding carboxylic acids is 2. The lowest BCUT2D eigenvalue weighted by Crippen LogP contribution is -2.54. The summed E-state index contributed by atoms with van der Waals surface area (Å²) < 4.78 is 1.72. The number of carbonyl (C=O) groups is 2. The standard InChI is InChI=1S/C17H9Br3N2O3S/c18-9-1-3-10(4-2-9)22-16(25)11(15(24)21-17(22)26)5-8-6-12(19)14(23)13(20)7-8/h1-7,23H,(H,21,24,26). The smallest absolute Gasteiger partial charge is 0.270 e. The molecule has 2 N–H and O–H groups in total. The van der Waals surface area contributed by atoms with Crippen LogP contribution in [0.3, 0.4) is 0 Å². The zero-order chi connectivity index (χ0) is 19.0. The van der Waals surface area contributed by atoms with E-state index < -0.39 is 11.8 Å². The Bertz CT molecular complexity index is 951. The molecule has 132 valence electrons. The molecule has 0 bridgehead atoms. The Hall–Kier alpha value is -1.55. The van der Waals surface area contributed by atoms with Crippen molar-refractivity contribution in [3.63, 3.8) is 0 Å². The van der Waals surface area contributed by atoms with Gasteiger partial charge in [-0.3, -0.25) is 19.8 Å². The summed E-state index contributed by atoms with van der Waals surface area (Å²) in [4.78, 5) is 26.5. The maximum absolute atomic E-state index is 12.9. The number of thiocarbonyl (C=S) groups is 1. The molecule has 0 unspecified atom stereocenters. The van der Waals surface area contributed by atoms with Crippen molar-refractivity contribution in [2.45, 2.75) is 0 Å². The number of rotatable bonds is 2. The van der Waals surface area contributed by atoms with Gasteiger partial charge in [-0.1, -0.05) is 15.9 Å². The van der Waals surface area contributed by atoms with Crippen LogP contribution in [-0.2, 0) is 9.59 Å². The van der Waals surface area contributed by atoms with E-state index in [4.69, 9.17) is 12.2 Å². The number of nitrogens with one attached hydrogen (secondary N) is 1. The Kier molecular flexibility index (Phi) is 5.61. The van der Waals surface area contributed by atoms with Crippen LogP contribution in [0.5, 0.6) is 5.75 Å². The van der Waals surface area contributed by atoms with E-state index in [1.54, 1.807) is 36.4 Å². The molecule has 1 aliphatic heterocycles. The predicted molar refractivity (Wildman–Crippen MR) is 114 cm³/mol. The predicted octanol–water partition coefficient (Wildman–Crippen LogP) is 4.51. The molecule has 0 aliphatic carbocycles. The molecule has 5 nitrogen and oxygen atoms in total. The second-order valence-electron chi connectivity index (χ2n) is 5.27. The fourth-order valence-electron chi connectivity index (χ4n) is 2.32. The number of anilines is 1. The SMILES string of the molecule is O=C1NC(=S)N(c2ccc(Br)cc2)C(=O)C1=Cc1cc(Br)c(O)c(Br)c1. The molecular weight excluding hydrogens is 552 g/mol. The monoisotopic (exact) mass is 558 g/mol. The van der Waals surface area contributed by atoms with E-state index in [9.17, 15) is 14.7 Å². The fraction of sp³-hybridized carbons (Fsp3) is 0. The first-order chi connectivity index (χ1) is 12.3. The number of aromatic hydroxyl groups is 1. The quantitative estimate of drug-likeness (QED) is 0.322. The van der Waals surface area contributed by atoms with Crippen LogP contribution < -0.4 is 10.2 Å². The van der Waals surface area contributed by atoms with E-state index in [0.717, 1.165) is 4.47 Å². The molecule has 0 radical (unpaired) electrons. The molecule has 0 spiro atoms. The molecule has 1 aliphatic rings. The third kappa shape index (κ3) is 3.75. The number of phenolic OH excluding ortho intramolecular Hbond substituents is 1. The Labute approximate surface area is 179 Å². The van der Waals surface area contributed by atoms with Crippen LogP contribution in [0.4, 0.5) is 5.69 Å². The van der Waals surface area contributed by atoms with Gasteiger partial charge in [0.15, 0.2) is 5.11 Å². The average Bonchev–Trinajstić information content (AvgIpc) is 2.58. The van der Waals surface area contributed by atoms with E-state index in [1.807, 2.05) is 0 Å². The van der Waals surface area contributed by atoms with Crippen LogP contribution in [0.2, 0.25) is 0 Å². The van der Waals surface area contributed by atoms with Crippen LogP contribution in [0, 0.1) is 0 Å². The molecule has 0 atom stereocenters. The first-order valence-corrected chi connectivity index (χ1v) is 9.91. The summed E-state index contributed by atoms with van der Waals surface area (Å²) in [5, 5.41) is 12.3. The minimum atomic E-state index is -0.575. The lowest BCUT2D eigenvalue weighted by Gasteiger charge is -2.29. The van der Waals surface area contributed by atoms with Crippen LogP contribution in [0.25, 0.3) is 6.08 Å². The summed E-state index contributed by atoms with van der Waals surface area (Å²) in [5.74, 6) is -1.07. The summed E-state index contributed by atoms with van der Waals surface area (Å²) in [5.41, 5.74) is 1.04. The van der Waals surface area contributed by atoms with E-state index in [1.165, 1.54) is 11.0 Å². The second kappa shape index (κ2) is 7.59. The molecule has 1 saturated heterocycles. The number of benzene rings is 2. The van der Waals surface area contributed by atoms with Gasteiger partial charge < -0.3 is 5.11 Å². The van der Waals surface area contributed by atoms with Crippen molar-refractivity contribution in [2.24, 2.45) is 0 Å². The number of halogens is 3. The van der Waals surface area contributed by atoms with Crippen LogP contribution in [0.1, 0.15) is 5.56 Å². The number of phenols is 1. The Balaban J connectivity index is 2.04. The van der Waals surface area contributed by atoms with Crippen molar-refractivity contribution in [1.29, 1.82) is 0 Å². The van der Waals surface area contributed by atoms with Crippen LogP contribution in [0.15, 0.2) is 55.4 Å². The highest BCUT2D eigenvalue weighted by Gasteiger charge is 2.34. The molecular formula is C17H9Br3N2O3S. The van der Waals surface area contributed by atoms with Crippen molar-refractivity contribution in [2.75, 3.05) is 4.90 Å². The van der Waals surface area contributed by atoms with Crippen molar-refractivity contribution >= 4 is 88.7 Å². The molecule has 1 heterocycles. The lowest BCUT2D eigenvalue weighted by atomic mass is 10.1. The summed E-state index contributed by atoms with van der Waals surface area (Å²) in [6.45, 7) is 0.